The van der Waals surface area contributed by atoms with Gasteiger partial charge in [-0.3, -0.25) is 4.98 Å². The van der Waals surface area contributed by atoms with Gasteiger partial charge in [0.15, 0.2) is 0 Å². The van der Waals surface area contributed by atoms with Crippen LogP contribution in [-0.2, 0) is 6.42 Å². The lowest BCUT2D eigenvalue weighted by Gasteiger charge is -2.19. The molecule has 2 aromatic rings. The van der Waals surface area contributed by atoms with Crippen molar-refractivity contribution in [2.75, 3.05) is 7.05 Å². The number of likely N-dealkylation sites (N-methyl/N-ethyl adjacent to an activating group) is 1. The number of hydrogen-bond donors (Lipinski definition) is 1. The Hall–Kier alpha value is -0.720. The van der Waals surface area contributed by atoms with E-state index < -0.39 is 0 Å². The summed E-state index contributed by atoms with van der Waals surface area (Å²) in [5.74, 6) is -0.218. The third-order valence-electron chi connectivity index (χ3n) is 2.97. The van der Waals surface area contributed by atoms with Gasteiger partial charge in [-0.05, 0) is 65.4 Å². The minimum absolute atomic E-state index is 0.0902. The van der Waals surface area contributed by atoms with Crippen LogP contribution >= 0.6 is 34.2 Å². The Bertz CT molecular complexity index is 577. The van der Waals surface area contributed by atoms with E-state index in [4.69, 9.17) is 11.6 Å². The SMILES string of the molecule is CNC(Cc1ccncc1Cl)c1ccc(F)cc1I. The molecule has 0 saturated heterocycles. The molecular formula is C14H13ClFIN2. The van der Waals surface area contributed by atoms with Crippen molar-refractivity contribution in [1.82, 2.24) is 10.3 Å². The number of hydrogen-bond acceptors (Lipinski definition) is 2. The standard InChI is InChI=1S/C14H13ClFIN2/c1-18-14(6-9-4-5-19-8-12(9)15)11-3-2-10(16)7-13(11)17/h2-5,7-8,14,18H,6H2,1H3. The minimum Gasteiger partial charge on any atom is -0.313 e. The molecule has 2 rings (SSSR count). The van der Waals surface area contributed by atoms with Crippen LogP contribution in [-0.4, -0.2) is 12.0 Å². The highest BCUT2D eigenvalue weighted by molar-refractivity contribution is 14.1. The van der Waals surface area contributed by atoms with Crippen LogP contribution in [0, 0.1) is 9.39 Å². The predicted molar refractivity (Wildman–Crippen MR) is 83.9 cm³/mol. The van der Waals surface area contributed by atoms with Crippen LogP contribution in [0.5, 0.6) is 0 Å². The van der Waals surface area contributed by atoms with Crippen LogP contribution < -0.4 is 5.32 Å². The molecule has 0 aliphatic carbocycles. The van der Waals surface area contributed by atoms with Crippen molar-refractivity contribution in [2.45, 2.75) is 12.5 Å². The topological polar surface area (TPSA) is 24.9 Å². The zero-order valence-corrected chi connectivity index (χ0v) is 13.2. The number of pyridine rings is 1. The van der Waals surface area contributed by atoms with Crippen LogP contribution in [0.3, 0.4) is 0 Å². The summed E-state index contributed by atoms with van der Waals surface area (Å²) in [6, 6.07) is 6.83. The molecule has 0 aliphatic rings. The van der Waals surface area contributed by atoms with Gasteiger partial charge in [-0.15, -0.1) is 0 Å². The van der Waals surface area contributed by atoms with Gasteiger partial charge in [0.1, 0.15) is 5.82 Å². The summed E-state index contributed by atoms with van der Waals surface area (Å²) < 4.78 is 14.1. The molecule has 0 aliphatic heterocycles. The van der Waals surface area contributed by atoms with E-state index in [1.807, 2.05) is 19.2 Å². The van der Waals surface area contributed by atoms with Crippen molar-refractivity contribution in [3.63, 3.8) is 0 Å². The van der Waals surface area contributed by atoms with E-state index in [0.29, 0.717) is 5.02 Å². The molecule has 0 radical (unpaired) electrons. The van der Waals surface area contributed by atoms with Crippen molar-refractivity contribution in [1.29, 1.82) is 0 Å². The molecule has 19 heavy (non-hydrogen) atoms. The van der Waals surface area contributed by atoms with E-state index in [2.05, 4.69) is 32.9 Å². The lowest BCUT2D eigenvalue weighted by molar-refractivity contribution is 0.582. The van der Waals surface area contributed by atoms with Crippen LogP contribution in [0.15, 0.2) is 36.7 Å². The fourth-order valence-electron chi connectivity index (χ4n) is 1.94. The van der Waals surface area contributed by atoms with Gasteiger partial charge < -0.3 is 5.32 Å². The van der Waals surface area contributed by atoms with E-state index in [1.54, 1.807) is 12.4 Å². The molecule has 2 nitrogen and oxygen atoms in total. The Kier molecular flexibility index (Phi) is 5.13. The van der Waals surface area contributed by atoms with Crippen LogP contribution in [0.2, 0.25) is 5.02 Å². The van der Waals surface area contributed by atoms with Gasteiger partial charge in [0, 0.05) is 22.0 Å². The zero-order chi connectivity index (χ0) is 13.8. The molecule has 0 saturated carbocycles. The molecule has 0 spiro atoms. The zero-order valence-electron chi connectivity index (χ0n) is 10.3. The molecule has 5 heteroatoms. The van der Waals surface area contributed by atoms with Crippen LogP contribution in [0.4, 0.5) is 4.39 Å². The predicted octanol–water partition coefficient (Wildman–Crippen LogP) is 3.98. The Morgan fingerprint density at radius 3 is 2.84 bits per heavy atom. The van der Waals surface area contributed by atoms with Gasteiger partial charge in [0.25, 0.3) is 0 Å². The second-order valence-electron chi connectivity index (χ2n) is 4.18. The maximum absolute atomic E-state index is 13.2. The first-order valence-corrected chi connectivity index (χ1v) is 7.28. The third kappa shape index (κ3) is 3.64. The summed E-state index contributed by atoms with van der Waals surface area (Å²) >= 11 is 8.28. The molecule has 0 fully saturated rings. The highest BCUT2D eigenvalue weighted by Gasteiger charge is 2.15. The lowest BCUT2D eigenvalue weighted by Crippen LogP contribution is -2.20. The average Bonchev–Trinajstić information content (AvgIpc) is 2.39. The van der Waals surface area contributed by atoms with E-state index >= 15 is 0 Å². The number of rotatable bonds is 4. The third-order valence-corrected chi connectivity index (χ3v) is 4.24. The van der Waals surface area contributed by atoms with E-state index in [1.165, 1.54) is 12.1 Å². The lowest BCUT2D eigenvalue weighted by atomic mass is 9.99. The van der Waals surface area contributed by atoms with Gasteiger partial charge in [0.2, 0.25) is 0 Å². The largest absolute Gasteiger partial charge is 0.313 e. The van der Waals surface area contributed by atoms with E-state index in [9.17, 15) is 4.39 Å². The highest BCUT2D eigenvalue weighted by atomic mass is 127. The number of nitrogens with one attached hydrogen (secondary N) is 1. The smallest absolute Gasteiger partial charge is 0.124 e. The molecule has 100 valence electrons. The normalized spacial score (nSPS) is 12.4. The molecule has 0 amide bonds. The molecule has 1 heterocycles. The maximum Gasteiger partial charge on any atom is 0.124 e. The average molecular weight is 391 g/mol. The fraction of sp³-hybridized carbons (Fsp3) is 0.214. The molecular weight excluding hydrogens is 378 g/mol. The first kappa shape index (κ1) is 14.7. The molecule has 1 unspecified atom stereocenters. The monoisotopic (exact) mass is 390 g/mol. The minimum atomic E-state index is -0.218. The number of benzene rings is 1. The summed E-state index contributed by atoms with van der Waals surface area (Å²) in [4.78, 5) is 3.98. The Morgan fingerprint density at radius 2 is 2.21 bits per heavy atom. The summed E-state index contributed by atoms with van der Waals surface area (Å²) in [5.41, 5.74) is 2.09. The van der Waals surface area contributed by atoms with Crippen molar-refractivity contribution in [3.05, 3.63) is 62.2 Å². The van der Waals surface area contributed by atoms with Crippen molar-refractivity contribution in [2.24, 2.45) is 0 Å². The van der Waals surface area contributed by atoms with Gasteiger partial charge in [-0.2, -0.15) is 0 Å². The van der Waals surface area contributed by atoms with Crippen LogP contribution in [0.25, 0.3) is 0 Å². The van der Waals surface area contributed by atoms with E-state index in [-0.39, 0.29) is 11.9 Å². The van der Waals surface area contributed by atoms with Gasteiger partial charge in [0.05, 0.1) is 5.02 Å². The molecule has 0 bridgehead atoms. The highest BCUT2D eigenvalue weighted by Crippen LogP contribution is 2.26. The summed E-state index contributed by atoms with van der Waals surface area (Å²) in [7, 11) is 1.89. The second kappa shape index (κ2) is 6.63. The molecule has 1 atom stereocenters. The van der Waals surface area contributed by atoms with Gasteiger partial charge in [-0.25, -0.2) is 4.39 Å². The first-order valence-electron chi connectivity index (χ1n) is 5.82. The van der Waals surface area contributed by atoms with Crippen LogP contribution in [0.1, 0.15) is 17.2 Å². The second-order valence-corrected chi connectivity index (χ2v) is 5.75. The molecule has 1 aromatic heterocycles. The fourth-order valence-corrected chi connectivity index (χ4v) is 2.99. The summed E-state index contributed by atoms with van der Waals surface area (Å²) in [6.45, 7) is 0. The molecule has 1 N–H and O–H groups in total. The van der Waals surface area contributed by atoms with E-state index in [0.717, 1.165) is 21.1 Å². The summed E-state index contributed by atoms with van der Waals surface area (Å²) in [5, 5.41) is 3.90. The van der Waals surface area contributed by atoms with Gasteiger partial charge >= 0.3 is 0 Å². The van der Waals surface area contributed by atoms with Gasteiger partial charge in [-0.1, -0.05) is 17.7 Å². The Labute approximate surface area is 130 Å². The Morgan fingerprint density at radius 1 is 1.42 bits per heavy atom. The van der Waals surface area contributed by atoms with Crippen molar-refractivity contribution in [3.8, 4) is 0 Å². The first-order chi connectivity index (χ1) is 9.11. The maximum atomic E-state index is 13.2. The number of aromatic nitrogens is 1. The van der Waals surface area contributed by atoms with Crippen molar-refractivity contribution >= 4 is 34.2 Å². The van der Waals surface area contributed by atoms with Crippen molar-refractivity contribution < 1.29 is 4.39 Å². The number of halogens is 3. The Balaban J connectivity index is 2.28. The number of nitrogens with zero attached hydrogens (tertiary/aromatic N) is 1. The molecule has 1 aromatic carbocycles. The summed E-state index contributed by atoms with van der Waals surface area (Å²) in [6.07, 6.45) is 4.10. The quantitative estimate of drug-likeness (QED) is 0.799.